The van der Waals surface area contributed by atoms with E-state index in [1.54, 1.807) is 23.1 Å². The molecule has 0 aromatic heterocycles. The Bertz CT molecular complexity index is 683. The van der Waals surface area contributed by atoms with Gasteiger partial charge in [-0.3, -0.25) is 4.79 Å². The second kappa shape index (κ2) is 7.43. The van der Waals surface area contributed by atoms with E-state index in [4.69, 9.17) is 14.2 Å². The van der Waals surface area contributed by atoms with Crippen LogP contribution in [0.3, 0.4) is 0 Å². The van der Waals surface area contributed by atoms with Gasteiger partial charge in [0.15, 0.2) is 11.5 Å². The Balaban J connectivity index is 1.62. The molecule has 2 aliphatic heterocycles. The molecule has 1 aromatic carbocycles. The van der Waals surface area contributed by atoms with Crippen molar-refractivity contribution in [2.75, 3.05) is 26.3 Å². The first-order chi connectivity index (χ1) is 12.3. The Morgan fingerprint density at radius 2 is 2.04 bits per heavy atom. The molecular formula is C19H26N2O5. The van der Waals surface area contributed by atoms with Gasteiger partial charge < -0.3 is 24.4 Å². The number of ether oxygens (including phenoxy) is 3. The number of likely N-dealkylation sites (tertiary alicyclic amines) is 1. The number of rotatable bonds is 3. The molecule has 0 unspecified atom stereocenters. The van der Waals surface area contributed by atoms with Crippen molar-refractivity contribution in [3.63, 3.8) is 0 Å². The van der Waals surface area contributed by atoms with Crippen molar-refractivity contribution in [3.8, 4) is 11.5 Å². The van der Waals surface area contributed by atoms with Gasteiger partial charge in [-0.15, -0.1) is 0 Å². The van der Waals surface area contributed by atoms with Gasteiger partial charge >= 0.3 is 6.09 Å². The number of nitrogens with one attached hydrogen (secondary N) is 1. The van der Waals surface area contributed by atoms with Crippen LogP contribution in [0.5, 0.6) is 11.5 Å². The normalized spacial score (nSPS) is 19.2. The minimum absolute atomic E-state index is 0.0643. The second-order valence-electron chi connectivity index (χ2n) is 7.51. The van der Waals surface area contributed by atoms with E-state index in [0.717, 1.165) is 12.8 Å². The van der Waals surface area contributed by atoms with E-state index in [9.17, 15) is 9.59 Å². The van der Waals surface area contributed by atoms with E-state index in [0.29, 0.717) is 43.4 Å². The molecule has 1 aromatic rings. The lowest BCUT2D eigenvalue weighted by Gasteiger charge is -2.28. The van der Waals surface area contributed by atoms with Crippen LogP contribution in [0.15, 0.2) is 18.2 Å². The predicted molar refractivity (Wildman–Crippen MR) is 95.7 cm³/mol. The van der Waals surface area contributed by atoms with Crippen LogP contribution in [-0.2, 0) is 4.74 Å². The first-order valence-corrected chi connectivity index (χ1v) is 9.01. The van der Waals surface area contributed by atoms with Crippen molar-refractivity contribution in [3.05, 3.63) is 23.8 Å². The highest BCUT2D eigenvalue weighted by atomic mass is 16.6. The molecule has 0 bridgehead atoms. The first kappa shape index (κ1) is 18.4. The van der Waals surface area contributed by atoms with E-state index in [-0.39, 0.29) is 18.0 Å². The summed E-state index contributed by atoms with van der Waals surface area (Å²) in [5.74, 6) is 0.829. The van der Waals surface area contributed by atoms with Crippen LogP contribution in [0, 0.1) is 0 Å². The molecule has 0 aliphatic carbocycles. The van der Waals surface area contributed by atoms with Crippen molar-refractivity contribution in [1.29, 1.82) is 0 Å². The number of fused-ring (bicyclic) bond motifs is 1. The Morgan fingerprint density at radius 3 is 2.81 bits per heavy atom. The molecule has 26 heavy (non-hydrogen) atoms. The molecule has 7 heteroatoms. The average Bonchev–Trinajstić information content (AvgIpc) is 3.06. The molecule has 3 rings (SSSR count). The fraction of sp³-hybridized carbons (Fsp3) is 0.579. The van der Waals surface area contributed by atoms with E-state index in [2.05, 4.69) is 5.32 Å². The minimum atomic E-state index is -0.534. The van der Waals surface area contributed by atoms with E-state index < -0.39 is 5.60 Å². The third-order valence-electron chi connectivity index (χ3n) is 4.31. The van der Waals surface area contributed by atoms with Crippen molar-refractivity contribution in [2.24, 2.45) is 0 Å². The molecule has 0 radical (unpaired) electrons. The summed E-state index contributed by atoms with van der Waals surface area (Å²) in [4.78, 5) is 26.6. The molecule has 0 spiro atoms. The quantitative estimate of drug-likeness (QED) is 0.894. The second-order valence-corrected chi connectivity index (χ2v) is 7.51. The lowest BCUT2D eigenvalue weighted by Crippen LogP contribution is -2.45. The average molecular weight is 362 g/mol. The number of nitrogens with zero attached hydrogens (tertiary/aromatic N) is 1. The number of carbonyl (C=O) groups excluding carboxylic acids is 2. The maximum atomic E-state index is 12.6. The summed E-state index contributed by atoms with van der Waals surface area (Å²) in [6.45, 7) is 7.46. The molecule has 1 atom stereocenters. The SMILES string of the molecule is CC(C)(C)OC(=O)N1CCC[C@@H]1CNC(=O)c1cccc2c1OCCO2. The lowest BCUT2D eigenvalue weighted by atomic mass is 10.1. The van der Waals surface area contributed by atoms with Gasteiger partial charge in [0.25, 0.3) is 5.91 Å². The Labute approximate surface area is 153 Å². The molecular weight excluding hydrogens is 336 g/mol. The van der Waals surface area contributed by atoms with Crippen LogP contribution in [0.4, 0.5) is 4.79 Å². The molecule has 0 saturated carbocycles. The van der Waals surface area contributed by atoms with Gasteiger partial charge in [-0.1, -0.05) is 6.07 Å². The summed E-state index contributed by atoms with van der Waals surface area (Å²) in [5.41, 5.74) is -0.0857. The summed E-state index contributed by atoms with van der Waals surface area (Å²) < 4.78 is 16.6. The van der Waals surface area contributed by atoms with Crippen LogP contribution in [0.1, 0.15) is 44.0 Å². The van der Waals surface area contributed by atoms with Crippen molar-refractivity contribution >= 4 is 12.0 Å². The fourth-order valence-electron chi connectivity index (χ4n) is 3.17. The van der Waals surface area contributed by atoms with Crippen LogP contribution < -0.4 is 14.8 Å². The molecule has 1 fully saturated rings. The number of amides is 2. The summed E-state index contributed by atoms with van der Waals surface area (Å²) in [6, 6.07) is 5.20. The summed E-state index contributed by atoms with van der Waals surface area (Å²) in [7, 11) is 0. The lowest BCUT2D eigenvalue weighted by molar-refractivity contribution is 0.0225. The standard InChI is InChI=1S/C19H26N2O5/c1-19(2,3)26-18(23)21-9-5-6-13(21)12-20-17(22)14-7-4-8-15-16(14)25-11-10-24-15/h4,7-8,13H,5-6,9-12H2,1-3H3,(H,20,22)/t13-/m1/s1. The van der Waals surface area contributed by atoms with E-state index >= 15 is 0 Å². The Morgan fingerprint density at radius 1 is 1.27 bits per heavy atom. The van der Waals surface area contributed by atoms with Crippen molar-refractivity contribution < 1.29 is 23.8 Å². The minimum Gasteiger partial charge on any atom is -0.486 e. The zero-order valence-corrected chi connectivity index (χ0v) is 15.5. The monoisotopic (exact) mass is 362 g/mol. The maximum Gasteiger partial charge on any atom is 0.410 e. The third kappa shape index (κ3) is 4.20. The van der Waals surface area contributed by atoms with E-state index in [1.165, 1.54) is 0 Å². The number of hydrogen-bond donors (Lipinski definition) is 1. The van der Waals surface area contributed by atoms with Crippen LogP contribution in [0.2, 0.25) is 0 Å². The highest BCUT2D eigenvalue weighted by Crippen LogP contribution is 2.33. The topological polar surface area (TPSA) is 77.1 Å². The maximum absolute atomic E-state index is 12.6. The van der Waals surface area contributed by atoms with E-state index in [1.807, 2.05) is 20.8 Å². The van der Waals surface area contributed by atoms with Crippen molar-refractivity contribution in [1.82, 2.24) is 10.2 Å². The highest BCUT2D eigenvalue weighted by Gasteiger charge is 2.32. The Kier molecular flexibility index (Phi) is 5.25. The van der Waals surface area contributed by atoms with Gasteiger partial charge in [-0.05, 0) is 45.7 Å². The van der Waals surface area contributed by atoms with Gasteiger partial charge in [0.05, 0.1) is 11.6 Å². The third-order valence-corrected chi connectivity index (χ3v) is 4.31. The molecule has 142 valence electrons. The fourth-order valence-corrected chi connectivity index (χ4v) is 3.17. The molecule has 2 amide bonds. The predicted octanol–water partition coefficient (Wildman–Crippen LogP) is 2.59. The molecule has 2 aliphatic rings. The Hall–Kier alpha value is -2.44. The number of benzene rings is 1. The van der Waals surface area contributed by atoms with Crippen LogP contribution in [-0.4, -0.2) is 54.8 Å². The molecule has 7 nitrogen and oxygen atoms in total. The number of hydrogen-bond acceptors (Lipinski definition) is 5. The molecule has 1 N–H and O–H groups in total. The molecule has 1 saturated heterocycles. The summed E-state index contributed by atoms with van der Waals surface area (Å²) >= 11 is 0. The van der Waals surface area contributed by atoms with Gasteiger partial charge in [-0.2, -0.15) is 0 Å². The first-order valence-electron chi connectivity index (χ1n) is 9.01. The number of para-hydroxylation sites is 1. The highest BCUT2D eigenvalue weighted by molar-refractivity contribution is 5.97. The van der Waals surface area contributed by atoms with Crippen molar-refractivity contribution in [2.45, 2.75) is 45.3 Å². The summed E-state index contributed by atoms with van der Waals surface area (Å²) in [5, 5.41) is 2.91. The number of carbonyl (C=O) groups is 2. The van der Waals surface area contributed by atoms with Gasteiger partial charge in [0.2, 0.25) is 0 Å². The van der Waals surface area contributed by atoms with Gasteiger partial charge in [-0.25, -0.2) is 4.79 Å². The smallest absolute Gasteiger partial charge is 0.410 e. The molecule has 2 heterocycles. The zero-order chi connectivity index (χ0) is 18.7. The van der Waals surface area contributed by atoms with Crippen LogP contribution in [0.25, 0.3) is 0 Å². The largest absolute Gasteiger partial charge is 0.486 e. The van der Waals surface area contributed by atoms with Gasteiger partial charge in [0, 0.05) is 13.1 Å². The zero-order valence-electron chi connectivity index (χ0n) is 15.5. The van der Waals surface area contributed by atoms with Gasteiger partial charge in [0.1, 0.15) is 18.8 Å². The summed E-state index contributed by atoms with van der Waals surface area (Å²) in [6.07, 6.45) is 1.41. The van der Waals surface area contributed by atoms with Crippen LogP contribution >= 0.6 is 0 Å².